The van der Waals surface area contributed by atoms with E-state index in [0.29, 0.717) is 6.54 Å². The molecule has 0 bridgehead atoms. The van der Waals surface area contributed by atoms with Gasteiger partial charge in [0.2, 0.25) is 11.8 Å². The number of aliphatic carboxylic acids is 1. The Morgan fingerprint density at radius 2 is 2.04 bits per heavy atom. The molecule has 1 heterocycles. The average molecular weight is 320 g/mol. The SMILES string of the molecule is CC(=O)NC(CC(=O)N1CCOC(C(=O)O)C1)c1ccccc1. The number of carbonyl (C=O) groups excluding carboxylic acids is 2. The Labute approximate surface area is 134 Å². The van der Waals surface area contributed by atoms with Gasteiger partial charge in [-0.1, -0.05) is 30.3 Å². The van der Waals surface area contributed by atoms with Gasteiger partial charge in [0.25, 0.3) is 0 Å². The van der Waals surface area contributed by atoms with Gasteiger partial charge in [-0.25, -0.2) is 4.79 Å². The fourth-order valence-corrected chi connectivity index (χ4v) is 2.51. The van der Waals surface area contributed by atoms with Crippen molar-refractivity contribution in [2.75, 3.05) is 19.7 Å². The van der Waals surface area contributed by atoms with Crippen LogP contribution in [0.25, 0.3) is 0 Å². The highest BCUT2D eigenvalue weighted by Crippen LogP contribution is 2.19. The number of nitrogens with one attached hydrogen (secondary N) is 1. The van der Waals surface area contributed by atoms with E-state index in [2.05, 4.69) is 5.32 Å². The average Bonchev–Trinajstić information content (AvgIpc) is 2.54. The van der Waals surface area contributed by atoms with Gasteiger partial charge in [-0.15, -0.1) is 0 Å². The highest BCUT2D eigenvalue weighted by atomic mass is 16.5. The Morgan fingerprint density at radius 3 is 2.65 bits per heavy atom. The lowest BCUT2D eigenvalue weighted by Gasteiger charge is -2.32. The van der Waals surface area contributed by atoms with Gasteiger partial charge in [0.15, 0.2) is 6.10 Å². The summed E-state index contributed by atoms with van der Waals surface area (Å²) in [7, 11) is 0. The maximum absolute atomic E-state index is 12.5. The van der Waals surface area contributed by atoms with E-state index in [1.807, 2.05) is 30.3 Å². The predicted molar refractivity (Wildman–Crippen MR) is 81.6 cm³/mol. The molecule has 1 aliphatic rings. The molecule has 0 saturated carbocycles. The number of morpholine rings is 1. The second-order valence-corrected chi connectivity index (χ2v) is 5.41. The fraction of sp³-hybridized carbons (Fsp3) is 0.438. The molecule has 2 atom stereocenters. The summed E-state index contributed by atoms with van der Waals surface area (Å²) in [6, 6.07) is 8.77. The van der Waals surface area contributed by atoms with E-state index >= 15 is 0 Å². The van der Waals surface area contributed by atoms with Gasteiger partial charge in [-0.05, 0) is 5.56 Å². The zero-order valence-electron chi connectivity index (χ0n) is 12.9. The van der Waals surface area contributed by atoms with Crippen LogP contribution in [0.3, 0.4) is 0 Å². The van der Waals surface area contributed by atoms with E-state index < -0.39 is 18.1 Å². The third-order valence-corrected chi connectivity index (χ3v) is 3.65. The number of carboxylic acid groups (broad SMARTS) is 1. The minimum absolute atomic E-state index is 0.0236. The monoisotopic (exact) mass is 320 g/mol. The number of hydrogen-bond donors (Lipinski definition) is 2. The Hall–Kier alpha value is -2.41. The molecule has 2 N–H and O–H groups in total. The van der Waals surface area contributed by atoms with Gasteiger partial charge in [0.05, 0.1) is 25.6 Å². The second-order valence-electron chi connectivity index (χ2n) is 5.41. The number of carbonyl (C=O) groups is 3. The van der Waals surface area contributed by atoms with Crippen LogP contribution in [-0.2, 0) is 19.1 Å². The smallest absolute Gasteiger partial charge is 0.334 e. The van der Waals surface area contributed by atoms with E-state index in [4.69, 9.17) is 9.84 Å². The van der Waals surface area contributed by atoms with Crippen molar-refractivity contribution >= 4 is 17.8 Å². The molecule has 7 nitrogen and oxygen atoms in total. The van der Waals surface area contributed by atoms with Crippen LogP contribution in [0, 0.1) is 0 Å². The van der Waals surface area contributed by atoms with E-state index in [0.717, 1.165) is 5.56 Å². The molecule has 2 amide bonds. The number of hydrogen-bond acceptors (Lipinski definition) is 4. The lowest BCUT2D eigenvalue weighted by molar-refractivity contribution is -0.159. The summed E-state index contributed by atoms with van der Waals surface area (Å²) in [4.78, 5) is 36.3. The second kappa shape index (κ2) is 7.73. The first-order chi connectivity index (χ1) is 11.0. The zero-order valence-corrected chi connectivity index (χ0v) is 12.9. The van der Waals surface area contributed by atoms with Crippen LogP contribution < -0.4 is 5.32 Å². The molecule has 0 aromatic heterocycles. The number of carboxylic acids is 1. The molecule has 1 aliphatic heterocycles. The largest absolute Gasteiger partial charge is 0.479 e. The van der Waals surface area contributed by atoms with Gasteiger partial charge in [-0.3, -0.25) is 9.59 Å². The molecule has 0 radical (unpaired) electrons. The van der Waals surface area contributed by atoms with Crippen LogP contribution in [-0.4, -0.2) is 53.6 Å². The van der Waals surface area contributed by atoms with Crippen molar-refractivity contribution < 1.29 is 24.2 Å². The van der Waals surface area contributed by atoms with Crippen LogP contribution in [0.4, 0.5) is 0 Å². The first kappa shape index (κ1) is 17.0. The Kier molecular flexibility index (Phi) is 5.70. The quantitative estimate of drug-likeness (QED) is 0.827. The normalized spacial score (nSPS) is 19.0. The van der Waals surface area contributed by atoms with Crippen LogP contribution >= 0.6 is 0 Å². The summed E-state index contributed by atoms with van der Waals surface area (Å²) in [5.74, 6) is -1.51. The summed E-state index contributed by atoms with van der Waals surface area (Å²) in [5, 5.41) is 11.8. The van der Waals surface area contributed by atoms with Crippen molar-refractivity contribution in [1.82, 2.24) is 10.2 Å². The molecule has 2 rings (SSSR count). The molecule has 7 heteroatoms. The number of ether oxygens (including phenoxy) is 1. The van der Waals surface area contributed by atoms with Crippen molar-refractivity contribution in [1.29, 1.82) is 0 Å². The summed E-state index contributed by atoms with van der Waals surface area (Å²) in [6.07, 6.45) is -0.917. The van der Waals surface area contributed by atoms with E-state index in [-0.39, 0.29) is 31.4 Å². The highest BCUT2D eigenvalue weighted by molar-refractivity contribution is 5.80. The first-order valence-electron chi connectivity index (χ1n) is 7.41. The third kappa shape index (κ3) is 4.79. The minimum atomic E-state index is -1.08. The topological polar surface area (TPSA) is 95.9 Å². The molecule has 0 spiro atoms. The lowest BCUT2D eigenvalue weighted by atomic mass is 10.0. The third-order valence-electron chi connectivity index (χ3n) is 3.65. The summed E-state index contributed by atoms with van der Waals surface area (Å²) in [5.41, 5.74) is 0.832. The van der Waals surface area contributed by atoms with Crippen molar-refractivity contribution in [2.45, 2.75) is 25.5 Å². The van der Waals surface area contributed by atoms with Crippen LogP contribution in [0.15, 0.2) is 30.3 Å². The minimum Gasteiger partial charge on any atom is -0.479 e. The van der Waals surface area contributed by atoms with Gasteiger partial charge < -0.3 is 20.1 Å². The standard InChI is InChI=1S/C16H20N2O5/c1-11(19)17-13(12-5-3-2-4-6-12)9-15(20)18-7-8-23-14(10-18)16(21)22/h2-6,13-14H,7-10H2,1H3,(H,17,19)(H,21,22). The van der Waals surface area contributed by atoms with Crippen molar-refractivity contribution in [2.24, 2.45) is 0 Å². The van der Waals surface area contributed by atoms with Crippen molar-refractivity contribution in [3.63, 3.8) is 0 Å². The summed E-state index contributed by atoms with van der Waals surface area (Å²) in [6.45, 7) is 1.97. The molecular formula is C16H20N2O5. The lowest BCUT2D eigenvalue weighted by Crippen LogP contribution is -2.49. The molecule has 1 fully saturated rings. The van der Waals surface area contributed by atoms with Gasteiger partial charge >= 0.3 is 5.97 Å². The number of nitrogens with zero attached hydrogens (tertiary/aromatic N) is 1. The molecule has 1 saturated heterocycles. The summed E-state index contributed by atoms with van der Waals surface area (Å²) >= 11 is 0. The zero-order chi connectivity index (χ0) is 16.8. The molecule has 1 aromatic rings. The Morgan fingerprint density at radius 1 is 1.35 bits per heavy atom. The van der Waals surface area contributed by atoms with Gasteiger partial charge in [0, 0.05) is 13.5 Å². The number of amides is 2. The van der Waals surface area contributed by atoms with Gasteiger partial charge in [-0.2, -0.15) is 0 Å². The number of benzene rings is 1. The summed E-state index contributed by atoms with van der Waals surface area (Å²) < 4.78 is 5.11. The van der Waals surface area contributed by atoms with E-state index in [1.54, 1.807) is 0 Å². The Bertz CT molecular complexity index is 575. The first-order valence-corrected chi connectivity index (χ1v) is 7.41. The molecule has 1 aromatic carbocycles. The van der Waals surface area contributed by atoms with E-state index in [9.17, 15) is 14.4 Å². The molecule has 23 heavy (non-hydrogen) atoms. The van der Waals surface area contributed by atoms with Crippen LogP contribution in [0.5, 0.6) is 0 Å². The van der Waals surface area contributed by atoms with E-state index in [1.165, 1.54) is 11.8 Å². The van der Waals surface area contributed by atoms with Crippen molar-refractivity contribution in [3.05, 3.63) is 35.9 Å². The predicted octanol–water partition coefficient (Wildman–Crippen LogP) is 0.566. The highest BCUT2D eigenvalue weighted by Gasteiger charge is 2.30. The van der Waals surface area contributed by atoms with Crippen molar-refractivity contribution in [3.8, 4) is 0 Å². The molecular weight excluding hydrogens is 300 g/mol. The maximum Gasteiger partial charge on any atom is 0.334 e. The van der Waals surface area contributed by atoms with Gasteiger partial charge in [0.1, 0.15) is 0 Å². The number of rotatable bonds is 5. The van der Waals surface area contributed by atoms with Crippen LogP contribution in [0.1, 0.15) is 24.9 Å². The molecule has 124 valence electrons. The fourth-order valence-electron chi connectivity index (χ4n) is 2.51. The van der Waals surface area contributed by atoms with Crippen LogP contribution in [0.2, 0.25) is 0 Å². The Balaban J connectivity index is 2.05. The molecule has 2 unspecified atom stereocenters. The molecule has 0 aliphatic carbocycles. The maximum atomic E-state index is 12.5.